The zero-order chi connectivity index (χ0) is 7.14. The lowest BCUT2D eigenvalue weighted by molar-refractivity contribution is 1.24. The minimum absolute atomic E-state index is 0.818. The first-order valence-electron chi connectivity index (χ1n) is 2.78. The third-order valence-corrected chi connectivity index (χ3v) is 2.80. The number of rotatable bonds is 0. The van der Waals surface area contributed by atoms with Crippen LogP contribution in [-0.4, -0.2) is 4.40 Å². The van der Waals surface area contributed by atoms with Crippen molar-refractivity contribution in [2.75, 3.05) is 5.73 Å². The second-order valence-corrected chi connectivity index (χ2v) is 4.50. The Morgan fingerprint density at radius 2 is 2.30 bits per heavy atom. The maximum absolute atomic E-state index is 5.56. The van der Waals surface area contributed by atoms with Gasteiger partial charge < -0.3 is 10.1 Å². The van der Waals surface area contributed by atoms with E-state index in [-0.39, 0.29) is 0 Å². The van der Waals surface area contributed by atoms with Gasteiger partial charge in [-0.3, -0.25) is 0 Å². The number of hydrogen-bond donors (Lipinski definition) is 1. The molecule has 0 aromatic carbocycles. The van der Waals surface area contributed by atoms with E-state index in [0.717, 1.165) is 9.47 Å². The molecule has 0 fully saturated rings. The lowest BCUT2D eigenvalue weighted by Crippen LogP contribution is -1.77. The molecule has 0 saturated carbocycles. The third kappa shape index (κ3) is 0.839. The van der Waals surface area contributed by atoms with Gasteiger partial charge in [-0.05, 0) is 22.0 Å². The van der Waals surface area contributed by atoms with Crippen LogP contribution in [0.2, 0.25) is 0 Å². The van der Waals surface area contributed by atoms with E-state index in [1.54, 1.807) is 11.3 Å². The van der Waals surface area contributed by atoms with Gasteiger partial charge in [0.25, 0.3) is 0 Å². The molecule has 2 nitrogen and oxygen atoms in total. The number of hydrogen-bond acceptors (Lipinski definition) is 2. The Labute approximate surface area is 70.4 Å². The minimum atomic E-state index is 0.818. The molecular formula is C6H5BrN2S. The fraction of sp³-hybridized carbons (Fsp3) is 0. The quantitative estimate of drug-likeness (QED) is 0.721. The molecule has 0 aliphatic heterocycles. The Morgan fingerprint density at radius 3 is 3.00 bits per heavy atom. The van der Waals surface area contributed by atoms with E-state index in [4.69, 9.17) is 5.73 Å². The molecule has 2 rings (SSSR count). The maximum Gasteiger partial charge on any atom is 0.102 e. The van der Waals surface area contributed by atoms with Crippen LogP contribution in [0.4, 0.5) is 5.69 Å². The van der Waals surface area contributed by atoms with Gasteiger partial charge in [0, 0.05) is 12.4 Å². The minimum Gasteiger partial charge on any atom is -0.397 e. The molecule has 0 atom stereocenters. The van der Waals surface area contributed by atoms with Gasteiger partial charge in [-0.15, -0.1) is 11.3 Å². The number of aromatic nitrogens is 1. The van der Waals surface area contributed by atoms with Gasteiger partial charge in [0.1, 0.15) is 4.83 Å². The van der Waals surface area contributed by atoms with Crippen molar-refractivity contribution in [1.82, 2.24) is 4.40 Å². The van der Waals surface area contributed by atoms with Crippen molar-refractivity contribution in [3.05, 3.63) is 22.2 Å². The molecular weight excluding hydrogens is 212 g/mol. The molecule has 0 amide bonds. The molecule has 0 aliphatic rings. The molecule has 2 aromatic heterocycles. The van der Waals surface area contributed by atoms with Crippen molar-refractivity contribution in [2.24, 2.45) is 0 Å². The summed E-state index contributed by atoms with van der Waals surface area (Å²) in [5.74, 6) is 0. The Balaban J connectivity index is 2.83. The van der Waals surface area contributed by atoms with E-state index in [2.05, 4.69) is 15.9 Å². The van der Waals surface area contributed by atoms with Crippen LogP contribution < -0.4 is 5.73 Å². The molecule has 0 aliphatic carbocycles. The molecule has 2 aromatic rings. The normalized spacial score (nSPS) is 10.9. The zero-order valence-electron chi connectivity index (χ0n) is 5.04. The predicted molar refractivity (Wildman–Crippen MR) is 47.4 cm³/mol. The molecule has 0 radical (unpaired) electrons. The smallest absolute Gasteiger partial charge is 0.102 e. The van der Waals surface area contributed by atoms with Crippen molar-refractivity contribution >= 4 is 37.8 Å². The van der Waals surface area contributed by atoms with E-state index >= 15 is 0 Å². The maximum atomic E-state index is 5.56. The summed E-state index contributed by atoms with van der Waals surface area (Å²) < 4.78 is 3.13. The fourth-order valence-corrected chi connectivity index (χ4v) is 2.39. The summed E-state index contributed by atoms with van der Waals surface area (Å²) in [5, 5.41) is 0. The van der Waals surface area contributed by atoms with Gasteiger partial charge in [0.05, 0.1) is 9.47 Å². The first-order valence-corrected chi connectivity index (χ1v) is 4.39. The number of nitrogens with two attached hydrogens (primary N) is 1. The topological polar surface area (TPSA) is 30.4 Å². The molecule has 0 saturated heterocycles. The predicted octanol–water partition coefficient (Wildman–Crippen LogP) is 2.35. The molecule has 52 valence electrons. The number of anilines is 1. The Kier molecular flexibility index (Phi) is 1.25. The van der Waals surface area contributed by atoms with Crippen molar-refractivity contribution < 1.29 is 0 Å². The summed E-state index contributed by atoms with van der Waals surface area (Å²) >= 11 is 5.06. The number of halogens is 1. The summed E-state index contributed by atoms with van der Waals surface area (Å²) in [4.78, 5) is 1.17. The Morgan fingerprint density at radius 1 is 1.50 bits per heavy atom. The van der Waals surface area contributed by atoms with Gasteiger partial charge in [-0.2, -0.15) is 0 Å². The van der Waals surface area contributed by atoms with Crippen LogP contribution in [-0.2, 0) is 0 Å². The molecule has 2 N–H and O–H groups in total. The van der Waals surface area contributed by atoms with Gasteiger partial charge in [-0.1, -0.05) is 0 Å². The molecule has 0 spiro atoms. The summed E-state index contributed by atoms with van der Waals surface area (Å²) in [6.07, 6.45) is 3.90. The van der Waals surface area contributed by atoms with Crippen LogP contribution in [0.5, 0.6) is 0 Å². The van der Waals surface area contributed by atoms with Crippen LogP contribution in [0.25, 0.3) is 4.83 Å². The molecule has 0 unspecified atom stereocenters. The lowest BCUT2D eigenvalue weighted by Gasteiger charge is -1.76. The number of fused-ring (bicyclic) bond motifs is 1. The second-order valence-electron chi connectivity index (χ2n) is 2.05. The first kappa shape index (κ1) is 6.24. The fourth-order valence-electron chi connectivity index (χ4n) is 0.897. The monoisotopic (exact) mass is 216 g/mol. The second kappa shape index (κ2) is 2.00. The molecule has 2 heterocycles. The highest BCUT2D eigenvalue weighted by molar-refractivity contribution is 9.11. The number of nitrogen functional groups attached to an aromatic ring is 1. The van der Waals surface area contributed by atoms with Gasteiger partial charge >= 0.3 is 0 Å². The molecule has 4 heteroatoms. The lowest BCUT2D eigenvalue weighted by atomic mass is 10.6. The Bertz CT molecular complexity index is 300. The van der Waals surface area contributed by atoms with Crippen LogP contribution in [0.15, 0.2) is 22.2 Å². The zero-order valence-corrected chi connectivity index (χ0v) is 7.45. The van der Waals surface area contributed by atoms with Crippen LogP contribution in [0.3, 0.4) is 0 Å². The largest absolute Gasteiger partial charge is 0.397 e. The van der Waals surface area contributed by atoms with Gasteiger partial charge in [0.2, 0.25) is 0 Å². The highest BCUT2D eigenvalue weighted by Gasteiger charge is 1.98. The van der Waals surface area contributed by atoms with Crippen molar-refractivity contribution in [3.8, 4) is 0 Å². The van der Waals surface area contributed by atoms with Gasteiger partial charge in [0.15, 0.2) is 0 Å². The number of thiazole rings is 1. The summed E-state index contributed by atoms with van der Waals surface area (Å²) in [5.41, 5.74) is 6.37. The highest BCUT2D eigenvalue weighted by Crippen LogP contribution is 2.25. The van der Waals surface area contributed by atoms with Crippen molar-refractivity contribution in [3.63, 3.8) is 0 Å². The standard InChI is InChI=1S/C6H5BrN2S/c7-5-3-9-2-4(8)1-6(9)10-5/h1-3H,8H2. The van der Waals surface area contributed by atoms with E-state index in [1.807, 2.05) is 22.9 Å². The van der Waals surface area contributed by atoms with Gasteiger partial charge in [-0.25, -0.2) is 0 Å². The molecule has 10 heavy (non-hydrogen) atoms. The van der Waals surface area contributed by atoms with Crippen LogP contribution in [0.1, 0.15) is 0 Å². The average Bonchev–Trinajstić information content (AvgIpc) is 2.21. The number of nitrogens with zero attached hydrogens (tertiary/aromatic N) is 1. The first-order chi connectivity index (χ1) is 4.75. The van der Waals surface area contributed by atoms with E-state index in [1.165, 1.54) is 4.83 Å². The van der Waals surface area contributed by atoms with Crippen LogP contribution in [0, 0.1) is 0 Å². The SMILES string of the molecule is Nc1cc2sc(Br)cn2c1. The average molecular weight is 217 g/mol. The Hall–Kier alpha value is -0.480. The van der Waals surface area contributed by atoms with E-state index in [9.17, 15) is 0 Å². The highest BCUT2D eigenvalue weighted by atomic mass is 79.9. The van der Waals surface area contributed by atoms with E-state index in [0.29, 0.717) is 0 Å². The summed E-state index contributed by atoms with van der Waals surface area (Å²) in [6, 6.07) is 1.95. The summed E-state index contributed by atoms with van der Waals surface area (Å²) in [7, 11) is 0. The van der Waals surface area contributed by atoms with E-state index < -0.39 is 0 Å². The van der Waals surface area contributed by atoms with Crippen molar-refractivity contribution in [1.29, 1.82) is 0 Å². The van der Waals surface area contributed by atoms with Crippen molar-refractivity contribution in [2.45, 2.75) is 0 Å². The summed E-state index contributed by atoms with van der Waals surface area (Å²) in [6.45, 7) is 0. The molecule has 0 bridgehead atoms. The third-order valence-electron chi connectivity index (χ3n) is 1.28. The van der Waals surface area contributed by atoms with Crippen LogP contribution >= 0.6 is 27.3 Å².